The molecule has 1 saturated heterocycles. The van der Waals surface area contributed by atoms with Gasteiger partial charge in [0.05, 0.1) is 6.10 Å². The van der Waals surface area contributed by atoms with E-state index in [1.807, 2.05) is 12.1 Å². The molecule has 0 aliphatic carbocycles. The number of hydrogen-bond acceptors (Lipinski definition) is 3. The molecule has 3 heteroatoms. The second-order valence-corrected chi connectivity index (χ2v) is 5.13. The van der Waals surface area contributed by atoms with Crippen LogP contribution in [0.1, 0.15) is 18.9 Å². The van der Waals surface area contributed by atoms with E-state index in [0.29, 0.717) is 0 Å². The molecule has 1 heterocycles. The van der Waals surface area contributed by atoms with Crippen molar-refractivity contribution in [2.75, 3.05) is 32.7 Å². The van der Waals surface area contributed by atoms with Crippen molar-refractivity contribution in [2.24, 2.45) is 0 Å². The van der Waals surface area contributed by atoms with Crippen molar-refractivity contribution >= 4 is 0 Å². The van der Waals surface area contributed by atoms with Crippen LogP contribution >= 0.6 is 0 Å². The fourth-order valence-corrected chi connectivity index (χ4v) is 2.28. The summed E-state index contributed by atoms with van der Waals surface area (Å²) < 4.78 is 5.94. The third-order valence-corrected chi connectivity index (χ3v) is 3.39. The van der Waals surface area contributed by atoms with Gasteiger partial charge in [0, 0.05) is 32.7 Å². The first kappa shape index (κ1) is 13.4. The van der Waals surface area contributed by atoms with Gasteiger partial charge in [-0.05, 0) is 38.0 Å². The van der Waals surface area contributed by atoms with Crippen LogP contribution in [0.2, 0.25) is 0 Å². The fraction of sp³-hybridized carbons (Fsp3) is 0.600. The van der Waals surface area contributed by atoms with E-state index in [1.54, 1.807) is 0 Å². The summed E-state index contributed by atoms with van der Waals surface area (Å²) in [5.41, 5.74) is 1.25. The Morgan fingerprint density at radius 2 is 2.11 bits per heavy atom. The largest absolute Gasteiger partial charge is 0.491 e. The smallest absolute Gasteiger partial charge is 0.119 e. The first-order chi connectivity index (χ1) is 8.74. The number of ether oxygens (including phenoxy) is 1. The molecule has 1 unspecified atom stereocenters. The molecule has 1 aliphatic heterocycles. The van der Waals surface area contributed by atoms with Crippen LogP contribution < -0.4 is 10.1 Å². The van der Waals surface area contributed by atoms with Crippen LogP contribution in [0.15, 0.2) is 24.3 Å². The summed E-state index contributed by atoms with van der Waals surface area (Å²) in [6.07, 6.45) is 1.37. The first-order valence-corrected chi connectivity index (χ1v) is 6.90. The summed E-state index contributed by atoms with van der Waals surface area (Å²) in [5.74, 6) is 0.989. The molecule has 1 aromatic carbocycles. The number of hydrogen-bond donors (Lipinski definition) is 1. The summed E-state index contributed by atoms with van der Waals surface area (Å²) in [7, 11) is 0. The van der Waals surface area contributed by atoms with Crippen LogP contribution in [0.3, 0.4) is 0 Å². The van der Waals surface area contributed by atoms with Crippen molar-refractivity contribution in [2.45, 2.75) is 26.4 Å². The molecule has 100 valence electrons. The summed E-state index contributed by atoms with van der Waals surface area (Å²) in [5, 5.41) is 3.38. The van der Waals surface area contributed by atoms with Gasteiger partial charge in [0.25, 0.3) is 0 Å². The molecule has 1 fully saturated rings. The van der Waals surface area contributed by atoms with Gasteiger partial charge >= 0.3 is 0 Å². The van der Waals surface area contributed by atoms with E-state index in [4.69, 9.17) is 4.74 Å². The number of nitrogens with one attached hydrogen (secondary N) is 1. The van der Waals surface area contributed by atoms with E-state index in [0.717, 1.165) is 44.9 Å². The van der Waals surface area contributed by atoms with E-state index >= 15 is 0 Å². The lowest BCUT2D eigenvalue weighted by atomic mass is 10.2. The molecule has 1 aliphatic rings. The van der Waals surface area contributed by atoms with Crippen LogP contribution in [-0.2, 0) is 0 Å². The van der Waals surface area contributed by atoms with E-state index in [2.05, 4.69) is 36.2 Å². The number of aryl methyl sites for hydroxylation is 1. The Bertz CT molecular complexity index is 361. The third kappa shape index (κ3) is 4.31. The van der Waals surface area contributed by atoms with Gasteiger partial charge < -0.3 is 15.0 Å². The van der Waals surface area contributed by atoms with E-state index in [1.165, 1.54) is 5.56 Å². The third-order valence-electron chi connectivity index (χ3n) is 3.39. The molecule has 0 saturated carbocycles. The Balaban J connectivity index is 1.72. The van der Waals surface area contributed by atoms with Gasteiger partial charge in [-0.15, -0.1) is 0 Å². The van der Waals surface area contributed by atoms with Gasteiger partial charge in [-0.2, -0.15) is 0 Å². The molecule has 1 atom stereocenters. The normalized spacial score (nSPS) is 18.6. The monoisotopic (exact) mass is 248 g/mol. The predicted octanol–water partition coefficient (Wildman–Crippen LogP) is 2.06. The van der Waals surface area contributed by atoms with Gasteiger partial charge in [-0.1, -0.05) is 12.1 Å². The average molecular weight is 248 g/mol. The quantitative estimate of drug-likeness (QED) is 0.863. The van der Waals surface area contributed by atoms with Gasteiger partial charge in [0.2, 0.25) is 0 Å². The molecular weight excluding hydrogens is 224 g/mol. The number of benzene rings is 1. The highest BCUT2D eigenvalue weighted by molar-refractivity contribution is 5.27. The van der Waals surface area contributed by atoms with Crippen molar-refractivity contribution in [3.8, 4) is 5.75 Å². The SMILES string of the molecule is Cc1cccc(OC(C)CCN2CCNCC2)c1. The lowest BCUT2D eigenvalue weighted by Gasteiger charge is -2.28. The van der Waals surface area contributed by atoms with E-state index in [-0.39, 0.29) is 6.10 Å². The highest BCUT2D eigenvalue weighted by Crippen LogP contribution is 2.15. The van der Waals surface area contributed by atoms with Crippen LogP contribution in [-0.4, -0.2) is 43.7 Å². The minimum absolute atomic E-state index is 0.279. The Hall–Kier alpha value is -1.06. The summed E-state index contributed by atoms with van der Waals surface area (Å²) in [4.78, 5) is 2.51. The minimum atomic E-state index is 0.279. The molecule has 1 N–H and O–H groups in total. The highest BCUT2D eigenvalue weighted by Gasteiger charge is 2.11. The highest BCUT2D eigenvalue weighted by atomic mass is 16.5. The molecule has 3 nitrogen and oxygen atoms in total. The van der Waals surface area contributed by atoms with E-state index < -0.39 is 0 Å². The molecule has 18 heavy (non-hydrogen) atoms. The molecule has 0 aromatic heterocycles. The average Bonchev–Trinajstić information content (AvgIpc) is 2.38. The number of piperazine rings is 1. The van der Waals surface area contributed by atoms with Gasteiger partial charge in [-0.3, -0.25) is 0 Å². The van der Waals surface area contributed by atoms with Crippen LogP contribution in [0.4, 0.5) is 0 Å². The Morgan fingerprint density at radius 3 is 2.83 bits per heavy atom. The van der Waals surface area contributed by atoms with Crippen molar-refractivity contribution in [1.82, 2.24) is 10.2 Å². The first-order valence-electron chi connectivity index (χ1n) is 6.90. The van der Waals surface area contributed by atoms with Crippen molar-refractivity contribution < 1.29 is 4.74 Å². The van der Waals surface area contributed by atoms with Crippen molar-refractivity contribution in [1.29, 1.82) is 0 Å². The number of rotatable bonds is 5. The molecule has 0 bridgehead atoms. The van der Waals surface area contributed by atoms with Gasteiger partial charge in [0.15, 0.2) is 0 Å². The van der Waals surface area contributed by atoms with E-state index in [9.17, 15) is 0 Å². The molecule has 0 amide bonds. The molecule has 1 aromatic rings. The summed E-state index contributed by atoms with van der Waals surface area (Å²) >= 11 is 0. The second kappa shape index (κ2) is 6.76. The minimum Gasteiger partial charge on any atom is -0.491 e. The Morgan fingerprint density at radius 1 is 1.33 bits per heavy atom. The molecule has 0 radical (unpaired) electrons. The van der Waals surface area contributed by atoms with Crippen LogP contribution in [0.5, 0.6) is 5.75 Å². The molecular formula is C15H24N2O. The van der Waals surface area contributed by atoms with Gasteiger partial charge in [-0.25, -0.2) is 0 Å². The molecule has 0 spiro atoms. The summed E-state index contributed by atoms with van der Waals surface area (Å²) in [6, 6.07) is 8.28. The Labute approximate surface area is 110 Å². The lowest BCUT2D eigenvalue weighted by Crippen LogP contribution is -2.44. The lowest BCUT2D eigenvalue weighted by molar-refractivity contribution is 0.167. The zero-order chi connectivity index (χ0) is 12.8. The van der Waals surface area contributed by atoms with Crippen LogP contribution in [0.25, 0.3) is 0 Å². The maximum atomic E-state index is 5.94. The molecule has 2 rings (SSSR count). The maximum Gasteiger partial charge on any atom is 0.119 e. The summed E-state index contributed by atoms with van der Waals surface area (Å²) in [6.45, 7) is 9.95. The zero-order valence-electron chi connectivity index (χ0n) is 11.5. The second-order valence-electron chi connectivity index (χ2n) is 5.13. The zero-order valence-corrected chi connectivity index (χ0v) is 11.5. The predicted molar refractivity (Wildman–Crippen MR) is 75.2 cm³/mol. The Kier molecular flexibility index (Phi) is 5.02. The van der Waals surface area contributed by atoms with Crippen LogP contribution in [0, 0.1) is 6.92 Å². The van der Waals surface area contributed by atoms with Crippen molar-refractivity contribution in [3.05, 3.63) is 29.8 Å². The maximum absolute atomic E-state index is 5.94. The number of nitrogens with zero attached hydrogens (tertiary/aromatic N) is 1. The topological polar surface area (TPSA) is 24.5 Å². The standard InChI is InChI=1S/C15H24N2O/c1-13-4-3-5-15(12-13)18-14(2)6-9-17-10-7-16-8-11-17/h3-5,12,14,16H,6-11H2,1-2H3. The van der Waals surface area contributed by atoms with Gasteiger partial charge in [0.1, 0.15) is 5.75 Å². The van der Waals surface area contributed by atoms with Crippen molar-refractivity contribution in [3.63, 3.8) is 0 Å². The fourth-order valence-electron chi connectivity index (χ4n) is 2.28.